The fourth-order valence-corrected chi connectivity index (χ4v) is 2.09. The van der Waals surface area contributed by atoms with Crippen molar-refractivity contribution in [2.45, 2.75) is 0 Å². The summed E-state index contributed by atoms with van der Waals surface area (Å²) in [6.45, 7) is 0. The minimum atomic E-state index is -0.275. The second-order valence-corrected chi connectivity index (χ2v) is 5.23. The van der Waals surface area contributed by atoms with Crippen molar-refractivity contribution in [3.05, 3.63) is 60.7 Å². The van der Waals surface area contributed by atoms with Crippen LogP contribution in [0.5, 0.6) is 0 Å². The molecule has 0 radical (unpaired) electrons. The SMILES string of the molecule is CN(C)C=Nc1ccc(-n2ncnc2-c2ccc(F)cc2)cc1. The van der Waals surface area contributed by atoms with E-state index >= 15 is 0 Å². The highest BCUT2D eigenvalue weighted by molar-refractivity contribution is 5.62. The summed E-state index contributed by atoms with van der Waals surface area (Å²) in [5.41, 5.74) is 2.52. The van der Waals surface area contributed by atoms with Crippen LogP contribution in [0.1, 0.15) is 0 Å². The first kappa shape index (κ1) is 14.9. The average Bonchev–Trinajstić information content (AvgIpc) is 3.03. The Morgan fingerprint density at radius 3 is 2.39 bits per heavy atom. The highest BCUT2D eigenvalue weighted by Crippen LogP contribution is 2.22. The van der Waals surface area contributed by atoms with Gasteiger partial charge in [-0.3, -0.25) is 0 Å². The van der Waals surface area contributed by atoms with Gasteiger partial charge in [0, 0.05) is 19.7 Å². The summed E-state index contributed by atoms with van der Waals surface area (Å²) in [6, 6.07) is 13.9. The second-order valence-electron chi connectivity index (χ2n) is 5.23. The van der Waals surface area contributed by atoms with Gasteiger partial charge >= 0.3 is 0 Å². The fourth-order valence-electron chi connectivity index (χ4n) is 2.09. The van der Waals surface area contributed by atoms with Crippen LogP contribution in [0.2, 0.25) is 0 Å². The number of halogens is 1. The van der Waals surface area contributed by atoms with Crippen LogP contribution in [0.15, 0.2) is 59.9 Å². The summed E-state index contributed by atoms with van der Waals surface area (Å²) >= 11 is 0. The molecule has 3 aromatic rings. The van der Waals surface area contributed by atoms with Crippen LogP contribution in [0, 0.1) is 5.82 Å². The molecule has 0 bridgehead atoms. The molecule has 0 aliphatic heterocycles. The molecule has 2 aromatic carbocycles. The Morgan fingerprint density at radius 1 is 1.04 bits per heavy atom. The van der Waals surface area contributed by atoms with Crippen molar-refractivity contribution in [3.63, 3.8) is 0 Å². The van der Waals surface area contributed by atoms with Crippen molar-refractivity contribution >= 4 is 12.0 Å². The highest BCUT2D eigenvalue weighted by atomic mass is 19.1. The van der Waals surface area contributed by atoms with E-state index in [0.29, 0.717) is 5.82 Å². The Labute approximate surface area is 133 Å². The number of rotatable bonds is 4. The van der Waals surface area contributed by atoms with Crippen molar-refractivity contribution in [2.75, 3.05) is 14.1 Å². The molecular formula is C17H16FN5. The zero-order valence-electron chi connectivity index (χ0n) is 12.9. The van der Waals surface area contributed by atoms with Gasteiger partial charge in [0.2, 0.25) is 0 Å². The monoisotopic (exact) mass is 309 g/mol. The standard InChI is InChI=1S/C17H16FN5/c1-22(2)12-20-15-7-9-16(10-8-15)23-17(19-11-21-23)13-3-5-14(18)6-4-13/h3-12H,1-2H3. The van der Waals surface area contributed by atoms with Gasteiger partial charge in [-0.15, -0.1) is 0 Å². The Bertz CT molecular complexity index is 804. The van der Waals surface area contributed by atoms with Gasteiger partial charge in [-0.2, -0.15) is 5.10 Å². The third-order valence-corrected chi connectivity index (χ3v) is 3.18. The maximum absolute atomic E-state index is 13.1. The van der Waals surface area contributed by atoms with E-state index < -0.39 is 0 Å². The molecule has 6 heteroatoms. The number of nitrogens with zero attached hydrogens (tertiary/aromatic N) is 5. The number of hydrogen-bond acceptors (Lipinski definition) is 3. The highest BCUT2D eigenvalue weighted by Gasteiger charge is 2.09. The van der Waals surface area contributed by atoms with E-state index in [2.05, 4.69) is 15.1 Å². The van der Waals surface area contributed by atoms with E-state index in [-0.39, 0.29) is 5.82 Å². The molecule has 0 aliphatic carbocycles. The predicted octanol–water partition coefficient (Wildman–Crippen LogP) is 3.29. The minimum Gasteiger partial charge on any atom is -0.369 e. The van der Waals surface area contributed by atoms with Crippen LogP contribution in [-0.4, -0.2) is 40.1 Å². The first-order valence-corrected chi connectivity index (χ1v) is 7.10. The lowest BCUT2D eigenvalue weighted by molar-refractivity contribution is 0.628. The van der Waals surface area contributed by atoms with Gasteiger partial charge in [0.15, 0.2) is 5.82 Å². The normalized spacial score (nSPS) is 11.1. The fraction of sp³-hybridized carbons (Fsp3) is 0.118. The number of aliphatic imine (C=N–C) groups is 1. The molecule has 5 nitrogen and oxygen atoms in total. The number of benzene rings is 2. The second kappa shape index (κ2) is 6.39. The van der Waals surface area contributed by atoms with Gasteiger partial charge in [0.1, 0.15) is 12.1 Å². The van der Waals surface area contributed by atoms with Crippen LogP contribution in [0.25, 0.3) is 17.1 Å². The molecule has 116 valence electrons. The zero-order chi connectivity index (χ0) is 16.2. The minimum absolute atomic E-state index is 0.275. The zero-order valence-corrected chi connectivity index (χ0v) is 12.9. The van der Waals surface area contributed by atoms with Crippen molar-refractivity contribution in [2.24, 2.45) is 4.99 Å². The molecule has 1 heterocycles. The predicted molar refractivity (Wildman–Crippen MR) is 88.6 cm³/mol. The maximum Gasteiger partial charge on any atom is 0.163 e. The van der Waals surface area contributed by atoms with Crippen LogP contribution in [0.4, 0.5) is 10.1 Å². The van der Waals surface area contributed by atoms with E-state index in [4.69, 9.17) is 0 Å². The summed E-state index contributed by atoms with van der Waals surface area (Å²) in [5, 5.41) is 4.25. The third kappa shape index (κ3) is 3.42. The van der Waals surface area contributed by atoms with E-state index in [9.17, 15) is 4.39 Å². The van der Waals surface area contributed by atoms with E-state index in [1.807, 2.05) is 43.3 Å². The van der Waals surface area contributed by atoms with Crippen molar-refractivity contribution in [1.29, 1.82) is 0 Å². The molecule has 0 saturated carbocycles. The van der Waals surface area contributed by atoms with Gasteiger partial charge in [-0.05, 0) is 48.5 Å². The molecule has 3 rings (SSSR count). The molecule has 0 atom stereocenters. The summed E-state index contributed by atoms with van der Waals surface area (Å²) in [7, 11) is 3.84. The molecular weight excluding hydrogens is 293 g/mol. The van der Waals surface area contributed by atoms with Gasteiger partial charge in [-0.1, -0.05) is 0 Å². The largest absolute Gasteiger partial charge is 0.369 e. The summed E-state index contributed by atoms with van der Waals surface area (Å²) in [4.78, 5) is 10.5. The van der Waals surface area contributed by atoms with E-state index in [0.717, 1.165) is 16.9 Å². The topological polar surface area (TPSA) is 46.3 Å². The Hall–Kier alpha value is -3.02. The van der Waals surface area contributed by atoms with Crippen LogP contribution < -0.4 is 0 Å². The van der Waals surface area contributed by atoms with Crippen LogP contribution >= 0.6 is 0 Å². The van der Waals surface area contributed by atoms with Crippen molar-refractivity contribution in [1.82, 2.24) is 19.7 Å². The Kier molecular flexibility index (Phi) is 4.14. The van der Waals surface area contributed by atoms with Crippen molar-refractivity contribution < 1.29 is 4.39 Å². The van der Waals surface area contributed by atoms with Crippen LogP contribution in [0.3, 0.4) is 0 Å². The van der Waals surface area contributed by atoms with Gasteiger partial charge in [0.25, 0.3) is 0 Å². The molecule has 1 aromatic heterocycles. The summed E-state index contributed by atoms with van der Waals surface area (Å²) < 4.78 is 14.8. The Morgan fingerprint density at radius 2 is 1.74 bits per heavy atom. The summed E-state index contributed by atoms with van der Waals surface area (Å²) in [6.07, 6.45) is 3.23. The molecule has 0 spiro atoms. The quantitative estimate of drug-likeness (QED) is 0.549. The Balaban J connectivity index is 1.91. The van der Waals surface area contributed by atoms with E-state index in [1.54, 1.807) is 23.2 Å². The molecule has 0 N–H and O–H groups in total. The molecule has 0 unspecified atom stereocenters. The van der Waals surface area contributed by atoms with Gasteiger partial charge < -0.3 is 4.90 Å². The summed E-state index contributed by atoms with van der Waals surface area (Å²) in [5.74, 6) is 0.387. The van der Waals surface area contributed by atoms with Crippen LogP contribution in [-0.2, 0) is 0 Å². The first-order valence-electron chi connectivity index (χ1n) is 7.10. The molecule has 23 heavy (non-hydrogen) atoms. The molecule has 0 saturated heterocycles. The van der Waals surface area contributed by atoms with Gasteiger partial charge in [0.05, 0.1) is 17.7 Å². The lowest BCUT2D eigenvalue weighted by Crippen LogP contribution is -2.06. The third-order valence-electron chi connectivity index (χ3n) is 3.18. The lowest BCUT2D eigenvalue weighted by atomic mass is 10.2. The maximum atomic E-state index is 13.1. The number of hydrogen-bond donors (Lipinski definition) is 0. The lowest BCUT2D eigenvalue weighted by Gasteiger charge is -2.07. The van der Waals surface area contributed by atoms with Gasteiger partial charge in [-0.25, -0.2) is 19.0 Å². The van der Waals surface area contributed by atoms with Crippen molar-refractivity contribution in [3.8, 4) is 17.1 Å². The molecule has 0 aliphatic rings. The smallest absolute Gasteiger partial charge is 0.163 e. The molecule has 0 amide bonds. The average molecular weight is 309 g/mol. The number of aromatic nitrogens is 3. The molecule has 0 fully saturated rings. The van der Waals surface area contributed by atoms with E-state index in [1.165, 1.54) is 18.5 Å². The first-order chi connectivity index (χ1) is 11.1.